The number of piperidine rings is 1. The average molecular weight is 239 g/mol. The van der Waals surface area contributed by atoms with Gasteiger partial charge in [0, 0.05) is 23.7 Å². The van der Waals surface area contributed by atoms with Gasteiger partial charge >= 0.3 is 0 Å². The van der Waals surface area contributed by atoms with Crippen LogP contribution in [-0.4, -0.2) is 29.4 Å². The lowest BCUT2D eigenvalue weighted by Gasteiger charge is -2.23. The third-order valence-electron chi connectivity index (χ3n) is 2.68. The molecule has 1 aromatic rings. The highest BCUT2D eigenvalue weighted by Gasteiger charge is 2.06. The van der Waals surface area contributed by atoms with Crippen LogP contribution in [0.4, 0.5) is 0 Å². The molecule has 4 heteroatoms. The molecule has 0 aliphatic carbocycles. The van der Waals surface area contributed by atoms with Crippen molar-refractivity contribution in [3.8, 4) is 5.75 Å². The Bertz CT molecular complexity index is 387. The Morgan fingerprint density at radius 3 is 2.75 bits per heavy atom. The maximum Gasteiger partial charge on any atom is 0.124 e. The molecule has 0 bridgehead atoms. The second-order valence-electron chi connectivity index (χ2n) is 3.96. The molecule has 3 nitrogen and oxygen atoms in total. The SMILES string of the molecule is Oc1ccc(Cl)cc1/C=N/N1CCCCC1. The topological polar surface area (TPSA) is 35.8 Å². The molecule has 1 heterocycles. The standard InChI is InChI=1S/C12H15ClN2O/c13-11-4-5-12(16)10(8-11)9-14-15-6-2-1-3-7-15/h4-5,8-9,16H,1-3,6-7H2/b14-9+. The molecule has 1 saturated heterocycles. The van der Waals surface area contributed by atoms with Gasteiger partial charge in [0.15, 0.2) is 0 Å². The van der Waals surface area contributed by atoms with Crippen molar-refractivity contribution in [1.82, 2.24) is 5.01 Å². The van der Waals surface area contributed by atoms with Crippen molar-refractivity contribution in [3.05, 3.63) is 28.8 Å². The molecule has 1 aliphatic rings. The molecule has 2 rings (SSSR count). The van der Waals surface area contributed by atoms with E-state index < -0.39 is 0 Å². The van der Waals surface area contributed by atoms with Gasteiger partial charge in [0.1, 0.15) is 5.75 Å². The Kier molecular flexibility index (Phi) is 3.67. The van der Waals surface area contributed by atoms with Crippen molar-refractivity contribution in [2.45, 2.75) is 19.3 Å². The van der Waals surface area contributed by atoms with Crippen molar-refractivity contribution < 1.29 is 5.11 Å². The second-order valence-corrected chi connectivity index (χ2v) is 4.40. The third-order valence-corrected chi connectivity index (χ3v) is 2.92. The van der Waals surface area contributed by atoms with Crippen LogP contribution in [0, 0.1) is 0 Å². The summed E-state index contributed by atoms with van der Waals surface area (Å²) in [7, 11) is 0. The fourth-order valence-electron chi connectivity index (χ4n) is 1.77. The minimum absolute atomic E-state index is 0.213. The van der Waals surface area contributed by atoms with Gasteiger partial charge in [0.2, 0.25) is 0 Å². The predicted octanol–water partition coefficient (Wildman–Crippen LogP) is 2.87. The Morgan fingerprint density at radius 2 is 2.00 bits per heavy atom. The van der Waals surface area contributed by atoms with E-state index in [1.165, 1.54) is 19.3 Å². The van der Waals surface area contributed by atoms with E-state index in [0.717, 1.165) is 13.1 Å². The van der Waals surface area contributed by atoms with Crippen LogP contribution in [0.3, 0.4) is 0 Å². The Hall–Kier alpha value is -1.22. The Balaban J connectivity index is 2.07. The van der Waals surface area contributed by atoms with Gasteiger partial charge in [-0.05, 0) is 37.5 Å². The number of hydrazone groups is 1. The summed E-state index contributed by atoms with van der Waals surface area (Å²) in [4.78, 5) is 0. The van der Waals surface area contributed by atoms with Crippen LogP contribution in [0.15, 0.2) is 23.3 Å². The number of aromatic hydroxyl groups is 1. The summed E-state index contributed by atoms with van der Waals surface area (Å²) in [6, 6.07) is 4.96. The summed E-state index contributed by atoms with van der Waals surface area (Å²) >= 11 is 5.85. The highest BCUT2D eigenvalue weighted by molar-refractivity contribution is 6.30. The molecular weight excluding hydrogens is 224 g/mol. The number of benzene rings is 1. The molecule has 0 spiro atoms. The van der Waals surface area contributed by atoms with E-state index in [4.69, 9.17) is 11.6 Å². The zero-order valence-corrected chi connectivity index (χ0v) is 9.82. The van der Waals surface area contributed by atoms with Crippen molar-refractivity contribution in [1.29, 1.82) is 0 Å². The van der Waals surface area contributed by atoms with Gasteiger partial charge in [-0.15, -0.1) is 0 Å². The molecule has 1 fully saturated rings. The van der Waals surface area contributed by atoms with Crippen LogP contribution >= 0.6 is 11.6 Å². The molecule has 1 aliphatic heterocycles. The van der Waals surface area contributed by atoms with E-state index in [0.29, 0.717) is 10.6 Å². The van der Waals surface area contributed by atoms with Gasteiger partial charge in [-0.25, -0.2) is 0 Å². The fraction of sp³-hybridized carbons (Fsp3) is 0.417. The largest absolute Gasteiger partial charge is 0.507 e. The minimum atomic E-state index is 0.213. The van der Waals surface area contributed by atoms with E-state index in [1.54, 1.807) is 24.4 Å². The number of hydrogen-bond donors (Lipinski definition) is 1. The lowest BCUT2D eigenvalue weighted by molar-refractivity contribution is 0.240. The quantitative estimate of drug-likeness (QED) is 0.805. The van der Waals surface area contributed by atoms with Crippen LogP contribution in [0.1, 0.15) is 24.8 Å². The monoisotopic (exact) mass is 238 g/mol. The highest BCUT2D eigenvalue weighted by Crippen LogP contribution is 2.20. The molecule has 86 valence electrons. The second kappa shape index (κ2) is 5.21. The number of phenols is 1. The van der Waals surface area contributed by atoms with E-state index >= 15 is 0 Å². The van der Waals surface area contributed by atoms with Crippen LogP contribution in [0.5, 0.6) is 5.75 Å². The average Bonchev–Trinajstić information content (AvgIpc) is 2.32. The number of nitrogens with zero attached hydrogens (tertiary/aromatic N) is 2. The van der Waals surface area contributed by atoms with Crippen LogP contribution < -0.4 is 0 Å². The highest BCUT2D eigenvalue weighted by atomic mass is 35.5. The van der Waals surface area contributed by atoms with Gasteiger partial charge < -0.3 is 5.11 Å². The lowest BCUT2D eigenvalue weighted by atomic mass is 10.2. The summed E-state index contributed by atoms with van der Waals surface area (Å²) in [5.74, 6) is 0.213. The maximum atomic E-state index is 9.60. The summed E-state index contributed by atoms with van der Waals surface area (Å²) in [6.07, 6.45) is 5.35. The van der Waals surface area contributed by atoms with Crippen LogP contribution in [0.2, 0.25) is 5.02 Å². The molecule has 1 N–H and O–H groups in total. The smallest absolute Gasteiger partial charge is 0.124 e. The van der Waals surface area contributed by atoms with Gasteiger partial charge in [-0.1, -0.05) is 11.6 Å². The van der Waals surface area contributed by atoms with Gasteiger partial charge in [0.05, 0.1) is 6.21 Å². The lowest BCUT2D eigenvalue weighted by Crippen LogP contribution is -2.24. The fourth-order valence-corrected chi connectivity index (χ4v) is 1.95. The summed E-state index contributed by atoms with van der Waals surface area (Å²) in [5, 5.41) is 16.6. The van der Waals surface area contributed by atoms with E-state index in [-0.39, 0.29) is 5.75 Å². The number of rotatable bonds is 2. The predicted molar refractivity (Wildman–Crippen MR) is 66.1 cm³/mol. The van der Waals surface area contributed by atoms with Gasteiger partial charge in [-0.2, -0.15) is 5.10 Å². The maximum absolute atomic E-state index is 9.60. The van der Waals surface area contributed by atoms with Crippen LogP contribution in [-0.2, 0) is 0 Å². The van der Waals surface area contributed by atoms with E-state index in [1.807, 2.05) is 5.01 Å². The first-order valence-corrected chi connectivity index (χ1v) is 5.91. The number of hydrogen-bond acceptors (Lipinski definition) is 3. The molecule has 0 radical (unpaired) electrons. The first-order valence-electron chi connectivity index (χ1n) is 5.53. The molecule has 0 aromatic heterocycles. The zero-order chi connectivity index (χ0) is 11.4. The van der Waals surface area contributed by atoms with Crippen molar-refractivity contribution in [3.63, 3.8) is 0 Å². The molecule has 1 aromatic carbocycles. The van der Waals surface area contributed by atoms with Crippen molar-refractivity contribution in [2.24, 2.45) is 5.10 Å². The summed E-state index contributed by atoms with van der Waals surface area (Å²) in [5.41, 5.74) is 0.665. The first-order chi connectivity index (χ1) is 7.75. The van der Waals surface area contributed by atoms with Crippen molar-refractivity contribution in [2.75, 3.05) is 13.1 Å². The molecule has 0 saturated carbocycles. The molecular formula is C12H15ClN2O. The normalized spacial score (nSPS) is 16.9. The number of phenolic OH excluding ortho intramolecular Hbond substituents is 1. The van der Waals surface area contributed by atoms with Gasteiger partial charge in [0.25, 0.3) is 0 Å². The minimum Gasteiger partial charge on any atom is -0.507 e. The summed E-state index contributed by atoms with van der Waals surface area (Å²) in [6.45, 7) is 2.00. The molecule has 0 amide bonds. The third kappa shape index (κ3) is 2.89. The van der Waals surface area contributed by atoms with Crippen molar-refractivity contribution >= 4 is 17.8 Å². The molecule has 0 unspecified atom stereocenters. The molecule has 0 atom stereocenters. The zero-order valence-electron chi connectivity index (χ0n) is 9.06. The van der Waals surface area contributed by atoms with Gasteiger partial charge in [-0.3, -0.25) is 5.01 Å². The van der Waals surface area contributed by atoms with E-state index in [2.05, 4.69) is 5.10 Å². The Morgan fingerprint density at radius 1 is 1.25 bits per heavy atom. The Labute approximate surface area is 100 Å². The summed E-state index contributed by atoms with van der Waals surface area (Å²) < 4.78 is 0. The van der Waals surface area contributed by atoms with Crippen LogP contribution in [0.25, 0.3) is 0 Å². The van der Waals surface area contributed by atoms with E-state index in [9.17, 15) is 5.11 Å². The first kappa shape index (κ1) is 11.3. The molecule has 16 heavy (non-hydrogen) atoms. The number of halogens is 1.